The lowest BCUT2D eigenvalue weighted by Crippen LogP contribution is -2.52. The number of nitrogens with one attached hydrogen (secondary N) is 1. The molecule has 3 heterocycles. The van der Waals surface area contributed by atoms with Crippen LogP contribution in [0.25, 0.3) is 0 Å². The molecule has 3 rings (SSSR count). The van der Waals surface area contributed by atoms with Crippen LogP contribution in [0.3, 0.4) is 0 Å². The highest BCUT2D eigenvalue weighted by molar-refractivity contribution is 7.10. The summed E-state index contributed by atoms with van der Waals surface area (Å²) < 4.78 is 5.60. The van der Waals surface area contributed by atoms with Crippen molar-refractivity contribution in [3.05, 3.63) is 21.9 Å². The standard InChI is InChI=1S/C15H22N2O2S/c1-11-15(2,5-7-19-11)16-9-14(18)17-6-3-13-12(10-17)4-8-20-13/h4,8,11,16H,3,5-7,9-10H2,1-2H3. The van der Waals surface area contributed by atoms with E-state index in [1.807, 2.05) is 4.90 Å². The van der Waals surface area contributed by atoms with Crippen LogP contribution in [0.2, 0.25) is 0 Å². The average Bonchev–Trinajstić information content (AvgIpc) is 3.03. The maximum absolute atomic E-state index is 12.4. The fraction of sp³-hybridized carbons (Fsp3) is 0.667. The van der Waals surface area contributed by atoms with E-state index in [2.05, 4.69) is 30.6 Å². The molecule has 2 atom stereocenters. The Morgan fingerprint density at radius 1 is 1.65 bits per heavy atom. The van der Waals surface area contributed by atoms with Crippen molar-refractivity contribution >= 4 is 17.2 Å². The molecular weight excluding hydrogens is 272 g/mol. The lowest BCUT2D eigenvalue weighted by atomic mass is 9.95. The minimum atomic E-state index is -0.0704. The zero-order chi connectivity index (χ0) is 14.2. The lowest BCUT2D eigenvalue weighted by Gasteiger charge is -2.32. The number of nitrogens with zero attached hydrogens (tertiary/aromatic N) is 1. The summed E-state index contributed by atoms with van der Waals surface area (Å²) in [5.74, 6) is 0.196. The molecule has 0 aliphatic carbocycles. The van der Waals surface area contributed by atoms with E-state index in [-0.39, 0.29) is 17.6 Å². The van der Waals surface area contributed by atoms with Crippen molar-refractivity contribution < 1.29 is 9.53 Å². The zero-order valence-corrected chi connectivity index (χ0v) is 13.0. The summed E-state index contributed by atoms with van der Waals surface area (Å²) in [5, 5.41) is 5.53. The Hall–Kier alpha value is -0.910. The minimum absolute atomic E-state index is 0.0704. The van der Waals surface area contributed by atoms with Crippen molar-refractivity contribution in [2.45, 2.75) is 44.9 Å². The van der Waals surface area contributed by atoms with Gasteiger partial charge in [-0.15, -0.1) is 11.3 Å². The van der Waals surface area contributed by atoms with E-state index >= 15 is 0 Å². The van der Waals surface area contributed by atoms with Gasteiger partial charge in [-0.3, -0.25) is 4.79 Å². The number of fused-ring (bicyclic) bond motifs is 1. The molecule has 1 aromatic rings. The van der Waals surface area contributed by atoms with Crippen LogP contribution in [0.1, 0.15) is 30.7 Å². The monoisotopic (exact) mass is 294 g/mol. The van der Waals surface area contributed by atoms with Gasteiger partial charge < -0.3 is 15.0 Å². The van der Waals surface area contributed by atoms with Crippen molar-refractivity contribution in [2.75, 3.05) is 19.7 Å². The van der Waals surface area contributed by atoms with Gasteiger partial charge in [0.2, 0.25) is 5.91 Å². The molecule has 1 aromatic heterocycles. The summed E-state index contributed by atoms with van der Waals surface area (Å²) in [6.07, 6.45) is 2.13. The van der Waals surface area contributed by atoms with E-state index in [0.717, 1.165) is 32.5 Å². The third-order valence-corrected chi connectivity index (χ3v) is 5.71. The van der Waals surface area contributed by atoms with Gasteiger partial charge in [0.05, 0.1) is 12.6 Å². The topological polar surface area (TPSA) is 41.6 Å². The second-order valence-electron chi connectivity index (χ2n) is 5.97. The van der Waals surface area contributed by atoms with E-state index in [4.69, 9.17) is 4.74 Å². The third-order valence-electron chi connectivity index (χ3n) is 4.69. The van der Waals surface area contributed by atoms with Crippen molar-refractivity contribution in [1.29, 1.82) is 0 Å². The van der Waals surface area contributed by atoms with E-state index in [1.54, 1.807) is 11.3 Å². The molecule has 2 aliphatic heterocycles. The van der Waals surface area contributed by atoms with Gasteiger partial charge in [-0.1, -0.05) is 0 Å². The Kier molecular flexibility index (Phi) is 3.84. The number of hydrogen-bond acceptors (Lipinski definition) is 4. The highest BCUT2D eigenvalue weighted by atomic mass is 32.1. The van der Waals surface area contributed by atoms with E-state index < -0.39 is 0 Å². The first-order chi connectivity index (χ1) is 9.58. The largest absolute Gasteiger partial charge is 0.377 e. The van der Waals surface area contributed by atoms with Gasteiger partial charge in [-0.05, 0) is 43.7 Å². The van der Waals surface area contributed by atoms with Crippen molar-refractivity contribution in [3.8, 4) is 0 Å². The fourth-order valence-electron chi connectivity index (χ4n) is 2.92. The Morgan fingerprint density at radius 3 is 3.25 bits per heavy atom. The summed E-state index contributed by atoms with van der Waals surface area (Å²) in [6, 6.07) is 2.14. The van der Waals surface area contributed by atoms with Gasteiger partial charge in [0.25, 0.3) is 0 Å². The third kappa shape index (κ3) is 2.62. The number of hydrogen-bond donors (Lipinski definition) is 1. The lowest BCUT2D eigenvalue weighted by molar-refractivity contribution is -0.131. The molecule has 1 fully saturated rings. The molecule has 20 heavy (non-hydrogen) atoms. The number of amides is 1. The van der Waals surface area contributed by atoms with E-state index in [0.29, 0.717) is 6.54 Å². The van der Waals surface area contributed by atoms with Crippen LogP contribution in [0.5, 0.6) is 0 Å². The van der Waals surface area contributed by atoms with Crippen LogP contribution < -0.4 is 5.32 Å². The molecule has 2 aliphatic rings. The van der Waals surface area contributed by atoms with Crippen LogP contribution >= 0.6 is 11.3 Å². The molecule has 0 aromatic carbocycles. The Balaban J connectivity index is 1.55. The van der Waals surface area contributed by atoms with Gasteiger partial charge in [0.15, 0.2) is 0 Å². The van der Waals surface area contributed by atoms with Crippen molar-refractivity contribution in [1.82, 2.24) is 10.2 Å². The maximum Gasteiger partial charge on any atom is 0.236 e. The minimum Gasteiger partial charge on any atom is -0.377 e. The molecular formula is C15H22N2O2S. The summed E-state index contributed by atoms with van der Waals surface area (Å²) in [4.78, 5) is 15.8. The van der Waals surface area contributed by atoms with E-state index in [1.165, 1.54) is 10.4 Å². The molecule has 0 spiro atoms. The first kappa shape index (κ1) is 14.0. The summed E-state index contributed by atoms with van der Waals surface area (Å²) in [5.41, 5.74) is 1.25. The predicted octanol–water partition coefficient (Wildman–Crippen LogP) is 1.79. The molecule has 0 radical (unpaired) electrons. The highest BCUT2D eigenvalue weighted by Gasteiger charge is 2.37. The van der Waals surface area contributed by atoms with Crippen LogP contribution in [-0.4, -0.2) is 42.1 Å². The first-order valence-corrected chi connectivity index (χ1v) is 8.16. The summed E-state index contributed by atoms with van der Waals surface area (Å²) in [6.45, 7) is 7.01. The predicted molar refractivity (Wildman–Crippen MR) is 79.9 cm³/mol. The molecule has 4 nitrogen and oxygen atoms in total. The number of rotatable bonds is 3. The van der Waals surface area contributed by atoms with Crippen LogP contribution in [0.15, 0.2) is 11.4 Å². The van der Waals surface area contributed by atoms with Crippen molar-refractivity contribution in [2.24, 2.45) is 0 Å². The summed E-state index contributed by atoms with van der Waals surface area (Å²) >= 11 is 1.80. The number of carbonyl (C=O) groups excluding carboxylic acids is 1. The Labute approximate surface area is 124 Å². The highest BCUT2D eigenvalue weighted by Crippen LogP contribution is 2.26. The SMILES string of the molecule is CC1OCCC1(C)NCC(=O)N1CCc2sccc2C1. The fourth-order valence-corrected chi connectivity index (χ4v) is 3.81. The second kappa shape index (κ2) is 5.47. The molecule has 0 bridgehead atoms. The van der Waals surface area contributed by atoms with Crippen LogP contribution in [-0.2, 0) is 22.5 Å². The van der Waals surface area contributed by atoms with Gasteiger partial charge >= 0.3 is 0 Å². The number of ether oxygens (including phenoxy) is 1. The average molecular weight is 294 g/mol. The molecule has 2 unspecified atom stereocenters. The smallest absolute Gasteiger partial charge is 0.236 e. The van der Waals surface area contributed by atoms with Gasteiger partial charge in [-0.25, -0.2) is 0 Å². The molecule has 1 saturated heterocycles. The van der Waals surface area contributed by atoms with Gasteiger partial charge in [0, 0.05) is 30.1 Å². The van der Waals surface area contributed by atoms with Crippen LogP contribution in [0.4, 0.5) is 0 Å². The summed E-state index contributed by atoms with van der Waals surface area (Å²) in [7, 11) is 0. The molecule has 5 heteroatoms. The molecule has 110 valence electrons. The number of thiophene rings is 1. The molecule has 0 saturated carbocycles. The molecule has 1 N–H and O–H groups in total. The Bertz CT molecular complexity index is 502. The first-order valence-electron chi connectivity index (χ1n) is 7.28. The van der Waals surface area contributed by atoms with Crippen molar-refractivity contribution in [3.63, 3.8) is 0 Å². The van der Waals surface area contributed by atoms with E-state index in [9.17, 15) is 4.79 Å². The zero-order valence-electron chi connectivity index (χ0n) is 12.1. The second-order valence-corrected chi connectivity index (χ2v) is 6.97. The van der Waals surface area contributed by atoms with Crippen LogP contribution in [0, 0.1) is 0 Å². The quantitative estimate of drug-likeness (QED) is 0.924. The maximum atomic E-state index is 12.4. The molecule has 1 amide bonds. The number of carbonyl (C=O) groups is 1. The Morgan fingerprint density at radius 2 is 2.50 bits per heavy atom. The van der Waals surface area contributed by atoms with Gasteiger partial charge in [-0.2, -0.15) is 0 Å². The normalized spacial score (nSPS) is 29.5. The van der Waals surface area contributed by atoms with Gasteiger partial charge in [0.1, 0.15) is 0 Å².